The summed E-state index contributed by atoms with van der Waals surface area (Å²) in [6, 6.07) is 10.5. The largest absolute Gasteiger partial charge is 0.493 e. The molecule has 1 unspecified atom stereocenters. The summed E-state index contributed by atoms with van der Waals surface area (Å²) in [5, 5.41) is 24.1. The zero-order valence-electron chi connectivity index (χ0n) is 18.3. The van der Waals surface area contributed by atoms with Gasteiger partial charge in [-0.15, -0.1) is 0 Å². The molecule has 35 heavy (non-hydrogen) atoms. The molecule has 1 aromatic heterocycles. The Morgan fingerprint density at radius 1 is 1.23 bits per heavy atom. The van der Waals surface area contributed by atoms with E-state index in [0.29, 0.717) is 16.9 Å². The minimum Gasteiger partial charge on any atom is -0.493 e. The second-order valence-corrected chi connectivity index (χ2v) is 7.71. The molecule has 0 fully saturated rings. The molecule has 0 saturated carbocycles. The molecule has 10 nitrogen and oxygen atoms in total. The summed E-state index contributed by atoms with van der Waals surface area (Å²) in [5.74, 6) is 0.462. The van der Waals surface area contributed by atoms with Gasteiger partial charge in [0.05, 0.1) is 17.8 Å². The third-order valence-electron chi connectivity index (χ3n) is 5.29. The number of hydrogen-bond acceptors (Lipinski definition) is 10. The minimum absolute atomic E-state index is 0.0154. The Morgan fingerprint density at radius 3 is 2.71 bits per heavy atom. The quantitative estimate of drug-likeness (QED) is 0.308. The van der Waals surface area contributed by atoms with Crippen LogP contribution in [0.5, 0.6) is 11.5 Å². The van der Waals surface area contributed by atoms with Gasteiger partial charge in [0.25, 0.3) is 0 Å². The first-order valence-electron chi connectivity index (χ1n) is 10.1. The summed E-state index contributed by atoms with van der Waals surface area (Å²) in [5.41, 5.74) is 13.4. The second kappa shape index (κ2) is 9.63. The number of hydrogen-bond donors (Lipinski definition) is 4. The number of ether oxygens (including phenoxy) is 2. The van der Waals surface area contributed by atoms with Crippen LogP contribution >= 0.6 is 11.6 Å². The first-order valence-corrected chi connectivity index (χ1v) is 10.5. The number of nitrogens with one attached hydrogen (secondary N) is 2. The normalized spacial score (nSPS) is 14.0. The molecule has 0 spiro atoms. The van der Waals surface area contributed by atoms with E-state index < -0.39 is 11.9 Å². The molecule has 1 atom stereocenters. The molecular weight excluding hydrogens is 475 g/mol. The summed E-state index contributed by atoms with van der Waals surface area (Å²) < 4.78 is 25.5. The highest BCUT2D eigenvalue weighted by Gasteiger charge is 2.30. The van der Waals surface area contributed by atoms with E-state index >= 15 is 0 Å². The molecule has 12 heteroatoms. The molecule has 3 aromatic rings. The van der Waals surface area contributed by atoms with Gasteiger partial charge in [0.15, 0.2) is 17.7 Å². The summed E-state index contributed by atoms with van der Waals surface area (Å²) >= 11 is 6.12. The molecule has 0 amide bonds. The number of methoxy groups -OCH3 is 1. The standard InChI is InChI=1S/C23H18ClFN8O2/c1-34-16-6-5-11(7-17(16)35-9-13-14(24)3-2-4-15(13)25)20-18-19(28)12(8-26)21(29)32-22(18)33-23(31-20)30-10-27/h2-7,20H,9H2,1H3,(H6,28,29,30,31,32,33). The van der Waals surface area contributed by atoms with Crippen molar-refractivity contribution in [2.45, 2.75) is 12.6 Å². The fourth-order valence-corrected chi connectivity index (χ4v) is 3.84. The Balaban J connectivity index is 1.79. The monoisotopic (exact) mass is 492 g/mol. The van der Waals surface area contributed by atoms with E-state index in [2.05, 4.69) is 20.6 Å². The van der Waals surface area contributed by atoms with E-state index in [1.807, 2.05) is 6.07 Å². The molecule has 4 rings (SSSR count). The average molecular weight is 493 g/mol. The van der Waals surface area contributed by atoms with Crippen LogP contribution in [0.3, 0.4) is 0 Å². The smallest absolute Gasteiger partial charge is 0.211 e. The predicted molar refractivity (Wildman–Crippen MR) is 128 cm³/mol. The van der Waals surface area contributed by atoms with Gasteiger partial charge in [-0.05, 0) is 29.8 Å². The number of guanidine groups is 1. The fourth-order valence-electron chi connectivity index (χ4n) is 3.62. The minimum atomic E-state index is -0.785. The average Bonchev–Trinajstić information content (AvgIpc) is 2.83. The highest BCUT2D eigenvalue weighted by molar-refractivity contribution is 6.31. The molecule has 0 radical (unpaired) electrons. The zero-order valence-corrected chi connectivity index (χ0v) is 19.0. The molecule has 2 aromatic carbocycles. The summed E-state index contributed by atoms with van der Waals surface area (Å²) in [7, 11) is 1.47. The Hall–Kier alpha value is -4.74. The van der Waals surface area contributed by atoms with Gasteiger partial charge in [0, 0.05) is 11.1 Å². The van der Waals surface area contributed by atoms with Crippen LogP contribution in [-0.2, 0) is 6.61 Å². The fraction of sp³-hybridized carbons (Fsp3) is 0.130. The van der Waals surface area contributed by atoms with Crippen LogP contribution in [-0.4, -0.2) is 18.1 Å². The maximum absolute atomic E-state index is 14.2. The Labute approximate surface area is 204 Å². The van der Waals surface area contributed by atoms with Crippen molar-refractivity contribution in [3.63, 3.8) is 0 Å². The van der Waals surface area contributed by atoms with Gasteiger partial charge < -0.3 is 26.3 Å². The Morgan fingerprint density at radius 2 is 2.03 bits per heavy atom. The number of nitrogens with zero attached hydrogens (tertiary/aromatic N) is 4. The van der Waals surface area contributed by atoms with Crippen molar-refractivity contribution < 1.29 is 13.9 Å². The van der Waals surface area contributed by atoms with Crippen LogP contribution in [0.25, 0.3) is 0 Å². The van der Waals surface area contributed by atoms with E-state index in [0.717, 1.165) is 0 Å². The lowest BCUT2D eigenvalue weighted by Gasteiger charge is -2.26. The van der Waals surface area contributed by atoms with E-state index in [1.54, 1.807) is 30.5 Å². The van der Waals surface area contributed by atoms with E-state index in [4.69, 9.17) is 37.8 Å². The molecule has 176 valence electrons. The maximum atomic E-state index is 14.2. The first-order chi connectivity index (χ1) is 16.9. The number of aliphatic imine (C=N–C) groups is 1. The van der Waals surface area contributed by atoms with Crippen molar-refractivity contribution in [3.8, 4) is 23.8 Å². The molecule has 0 aliphatic carbocycles. The van der Waals surface area contributed by atoms with Gasteiger partial charge in [0.2, 0.25) is 5.96 Å². The lowest BCUT2D eigenvalue weighted by atomic mass is 9.95. The number of fused-ring (bicyclic) bond motifs is 1. The van der Waals surface area contributed by atoms with Gasteiger partial charge in [-0.1, -0.05) is 23.7 Å². The predicted octanol–water partition coefficient (Wildman–Crippen LogP) is 3.44. The highest BCUT2D eigenvalue weighted by Crippen LogP contribution is 2.42. The molecule has 2 heterocycles. The van der Waals surface area contributed by atoms with Crippen LogP contribution in [0.2, 0.25) is 5.02 Å². The topological polar surface area (TPSA) is 167 Å². The number of anilines is 3. The Bertz CT molecular complexity index is 1410. The highest BCUT2D eigenvalue weighted by atomic mass is 35.5. The van der Waals surface area contributed by atoms with Gasteiger partial charge in [-0.2, -0.15) is 10.5 Å². The van der Waals surface area contributed by atoms with Crippen molar-refractivity contribution in [1.82, 2.24) is 10.3 Å². The molecule has 1 aliphatic rings. The molecule has 1 aliphatic heterocycles. The zero-order chi connectivity index (χ0) is 25.1. The molecule has 6 N–H and O–H groups in total. The lowest BCUT2D eigenvalue weighted by molar-refractivity contribution is 0.279. The maximum Gasteiger partial charge on any atom is 0.211 e. The second-order valence-electron chi connectivity index (χ2n) is 7.30. The number of benzene rings is 2. The van der Waals surface area contributed by atoms with Crippen molar-refractivity contribution >= 4 is 34.9 Å². The number of rotatable bonds is 5. The van der Waals surface area contributed by atoms with E-state index in [-0.39, 0.29) is 51.8 Å². The van der Waals surface area contributed by atoms with Gasteiger partial charge >= 0.3 is 0 Å². The summed E-state index contributed by atoms with van der Waals surface area (Å²) in [6.07, 6.45) is 1.79. The van der Waals surface area contributed by atoms with Crippen LogP contribution in [0.1, 0.15) is 28.3 Å². The van der Waals surface area contributed by atoms with Crippen molar-refractivity contribution in [2.75, 3.05) is 23.9 Å². The van der Waals surface area contributed by atoms with Gasteiger partial charge in [-0.3, -0.25) is 5.32 Å². The Kier molecular flexibility index (Phi) is 6.44. The van der Waals surface area contributed by atoms with Crippen LogP contribution in [0.4, 0.5) is 21.7 Å². The number of aromatic nitrogens is 1. The van der Waals surface area contributed by atoms with Crippen LogP contribution in [0.15, 0.2) is 41.4 Å². The number of nitrogen functional groups attached to an aromatic ring is 2. The molecule has 0 saturated heterocycles. The SMILES string of the molecule is COc1ccc(C2N=C(NC#N)Nc3nc(N)c(C#N)c(N)c32)cc1OCc1c(F)cccc1Cl. The third-order valence-corrected chi connectivity index (χ3v) is 5.65. The lowest BCUT2D eigenvalue weighted by Crippen LogP contribution is -2.32. The van der Waals surface area contributed by atoms with Crippen LogP contribution in [0, 0.1) is 28.6 Å². The first kappa shape index (κ1) is 23.4. The number of halogens is 2. The molecular formula is C23H18ClFN8O2. The van der Waals surface area contributed by atoms with Crippen molar-refractivity contribution in [2.24, 2.45) is 4.99 Å². The summed E-state index contributed by atoms with van der Waals surface area (Å²) in [6.45, 7) is -0.155. The molecule has 0 bridgehead atoms. The summed E-state index contributed by atoms with van der Waals surface area (Å²) in [4.78, 5) is 8.74. The third kappa shape index (κ3) is 4.40. The van der Waals surface area contributed by atoms with Gasteiger partial charge in [-0.25, -0.2) is 14.4 Å². The van der Waals surface area contributed by atoms with Crippen molar-refractivity contribution in [3.05, 3.63) is 69.5 Å². The van der Waals surface area contributed by atoms with Crippen molar-refractivity contribution in [1.29, 1.82) is 10.5 Å². The number of nitriles is 2. The number of nitrogens with two attached hydrogens (primary N) is 2. The van der Waals surface area contributed by atoms with E-state index in [1.165, 1.54) is 19.2 Å². The van der Waals surface area contributed by atoms with Crippen LogP contribution < -0.4 is 31.6 Å². The van der Waals surface area contributed by atoms with Gasteiger partial charge in [0.1, 0.15) is 41.7 Å². The van der Waals surface area contributed by atoms with E-state index in [9.17, 15) is 9.65 Å². The number of pyridine rings is 1.